The van der Waals surface area contributed by atoms with Crippen LogP contribution in [0.25, 0.3) is 0 Å². The molecular formula is C12H14ClNOS. The van der Waals surface area contributed by atoms with Crippen molar-refractivity contribution in [3.63, 3.8) is 0 Å². The van der Waals surface area contributed by atoms with Crippen molar-refractivity contribution in [1.29, 1.82) is 0 Å². The molecule has 1 amide bonds. The molecule has 0 bridgehead atoms. The summed E-state index contributed by atoms with van der Waals surface area (Å²) in [6.45, 7) is 3.78. The summed E-state index contributed by atoms with van der Waals surface area (Å²) in [7, 11) is 0. The molecule has 1 rings (SSSR count). The predicted molar refractivity (Wildman–Crippen MR) is 70.9 cm³/mol. The number of rotatable bonds is 5. The van der Waals surface area contributed by atoms with Crippen molar-refractivity contribution in [3.05, 3.63) is 47.5 Å². The Morgan fingerprint density at radius 2 is 2.06 bits per heavy atom. The van der Waals surface area contributed by atoms with Gasteiger partial charge >= 0.3 is 0 Å². The van der Waals surface area contributed by atoms with Crippen LogP contribution in [0.3, 0.4) is 0 Å². The lowest BCUT2D eigenvalue weighted by molar-refractivity contribution is -0.120. The van der Waals surface area contributed by atoms with Crippen LogP contribution < -0.4 is 5.32 Å². The summed E-state index contributed by atoms with van der Waals surface area (Å²) in [4.78, 5) is 11.6. The summed E-state index contributed by atoms with van der Waals surface area (Å²) in [5.74, 6) is -0.131. The number of benzene rings is 1. The van der Waals surface area contributed by atoms with Crippen LogP contribution >= 0.6 is 24.2 Å². The summed E-state index contributed by atoms with van der Waals surface area (Å²) < 4.78 is 0. The maximum Gasteiger partial charge on any atom is 0.233 e. The first-order valence-corrected chi connectivity index (χ1v) is 5.82. The quantitative estimate of drug-likeness (QED) is 0.778. The minimum absolute atomic E-state index is 0.131. The zero-order valence-corrected chi connectivity index (χ0v) is 10.5. The van der Waals surface area contributed by atoms with Gasteiger partial charge in [0.15, 0.2) is 0 Å². The molecule has 0 fully saturated rings. The molecule has 4 heteroatoms. The molecule has 86 valence electrons. The standard InChI is InChI=1S/C12H14ClNOS/c1-9(13)8-14-12(15)11(16)7-10-5-3-2-4-6-10/h2-6,11,16H,1,7-8H2,(H,14,15). The van der Waals surface area contributed by atoms with Gasteiger partial charge in [-0.25, -0.2) is 0 Å². The fraction of sp³-hybridized carbons (Fsp3) is 0.250. The zero-order chi connectivity index (χ0) is 12.0. The molecule has 0 aliphatic heterocycles. The van der Waals surface area contributed by atoms with Crippen LogP contribution in [0.4, 0.5) is 0 Å². The Bertz CT molecular complexity index is 367. The molecule has 1 N–H and O–H groups in total. The van der Waals surface area contributed by atoms with E-state index >= 15 is 0 Å². The molecule has 0 heterocycles. The second kappa shape index (κ2) is 6.61. The molecule has 2 nitrogen and oxygen atoms in total. The van der Waals surface area contributed by atoms with E-state index in [4.69, 9.17) is 11.6 Å². The third-order valence-electron chi connectivity index (χ3n) is 2.03. The van der Waals surface area contributed by atoms with Gasteiger partial charge in [0.25, 0.3) is 0 Å². The highest BCUT2D eigenvalue weighted by Gasteiger charge is 2.13. The first kappa shape index (κ1) is 13.1. The third-order valence-corrected chi connectivity index (χ3v) is 2.58. The van der Waals surface area contributed by atoms with E-state index in [9.17, 15) is 4.79 Å². The van der Waals surface area contributed by atoms with Crippen molar-refractivity contribution in [1.82, 2.24) is 5.32 Å². The van der Waals surface area contributed by atoms with Crippen LogP contribution in [0.1, 0.15) is 5.56 Å². The van der Waals surface area contributed by atoms with Crippen LogP contribution in [-0.2, 0) is 11.2 Å². The van der Waals surface area contributed by atoms with Gasteiger partial charge in [-0.05, 0) is 12.0 Å². The Balaban J connectivity index is 2.43. The number of carbonyl (C=O) groups is 1. The van der Waals surface area contributed by atoms with Gasteiger partial charge in [-0.15, -0.1) is 0 Å². The van der Waals surface area contributed by atoms with Crippen LogP contribution in [0, 0.1) is 0 Å². The van der Waals surface area contributed by atoms with Crippen molar-refractivity contribution in [2.45, 2.75) is 11.7 Å². The molecule has 0 aliphatic carbocycles. The van der Waals surface area contributed by atoms with E-state index in [0.717, 1.165) is 5.56 Å². The maximum absolute atomic E-state index is 11.6. The molecular weight excluding hydrogens is 242 g/mol. The zero-order valence-electron chi connectivity index (χ0n) is 8.82. The van der Waals surface area contributed by atoms with Crippen LogP contribution in [0.2, 0.25) is 0 Å². The monoisotopic (exact) mass is 255 g/mol. The van der Waals surface area contributed by atoms with E-state index in [2.05, 4.69) is 24.5 Å². The van der Waals surface area contributed by atoms with Crippen molar-refractivity contribution >= 4 is 30.1 Å². The van der Waals surface area contributed by atoms with Gasteiger partial charge in [-0.2, -0.15) is 12.6 Å². The molecule has 0 aromatic heterocycles. The number of carbonyl (C=O) groups excluding carboxylic acids is 1. The minimum Gasteiger partial charge on any atom is -0.350 e. The average molecular weight is 256 g/mol. The number of amides is 1. The molecule has 1 unspecified atom stereocenters. The third kappa shape index (κ3) is 4.73. The molecule has 0 saturated carbocycles. The molecule has 1 aromatic rings. The van der Waals surface area contributed by atoms with E-state index in [0.29, 0.717) is 11.5 Å². The molecule has 0 spiro atoms. The van der Waals surface area contributed by atoms with E-state index in [1.165, 1.54) is 0 Å². The average Bonchev–Trinajstić information content (AvgIpc) is 2.27. The lowest BCUT2D eigenvalue weighted by Crippen LogP contribution is -2.33. The minimum atomic E-state index is -0.363. The van der Waals surface area contributed by atoms with Crippen LogP contribution in [0.15, 0.2) is 41.9 Å². The molecule has 16 heavy (non-hydrogen) atoms. The number of halogens is 1. The number of thiol groups is 1. The van der Waals surface area contributed by atoms with Crippen molar-refractivity contribution in [3.8, 4) is 0 Å². The number of hydrogen-bond acceptors (Lipinski definition) is 2. The lowest BCUT2D eigenvalue weighted by atomic mass is 10.1. The van der Waals surface area contributed by atoms with E-state index in [1.54, 1.807) is 0 Å². The molecule has 0 radical (unpaired) electrons. The van der Waals surface area contributed by atoms with Crippen molar-refractivity contribution in [2.75, 3.05) is 6.54 Å². The Labute approximate surface area is 106 Å². The second-order valence-electron chi connectivity index (χ2n) is 3.44. The molecule has 1 atom stereocenters. The fourth-order valence-electron chi connectivity index (χ4n) is 1.23. The number of nitrogens with one attached hydrogen (secondary N) is 1. The van der Waals surface area contributed by atoms with Gasteiger partial charge in [0.05, 0.1) is 11.8 Å². The molecule has 0 saturated heterocycles. The first-order chi connectivity index (χ1) is 7.59. The van der Waals surface area contributed by atoms with E-state index in [1.807, 2.05) is 30.3 Å². The summed E-state index contributed by atoms with van der Waals surface area (Å²) in [6, 6.07) is 9.76. The Morgan fingerprint density at radius 1 is 1.44 bits per heavy atom. The van der Waals surface area contributed by atoms with Gasteiger partial charge in [-0.1, -0.05) is 48.5 Å². The fourth-order valence-corrected chi connectivity index (χ4v) is 1.60. The predicted octanol–water partition coefficient (Wildman–Crippen LogP) is 2.40. The largest absolute Gasteiger partial charge is 0.350 e. The lowest BCUT2D eigenvalue weighted by Gasteiger charge is -2.10. The van der Waals surface area contributed by atoms with E-state index < -0.39 is 0 Å². The molecule has 1 aromatic carbocycles. The normalized spacial score (nSPS) is 11.9. The van der Waals surface area contributed by atoms with Crippen LogP contribution in [-0.4, -0.2) is 17.7 Å². The first-order valence-electron chi connectivity index (χ1n) is 4.92. The van der Waals surface area contributed by atoms with Gasteiger partial charge in [-0.3, -0.25) is 4.79 Å². The highest BCUT2D eigenvalue weighted by Crippen LogP contribution is 2.08. The van der Waals surface area contributed by atoms with Gasteiger partial charge in [0.1, 0.15) is 0 Å². The van der Waals surface area contributed by atoms with Gasteiger partial charge < -0.3 is 5.32 Å². The highest BCUT2D eigenvalue weighted by atomic mass is 35.5. The number of hydrogen-bond donors (Lipinski definition) is 2. The Hall–Kier alpha value is -0.930. The molecule has 0 aliphatic rings. The summed E-state index contributed by atoms with van der Waals surface area (Å²) in [5, 5.41) is 2.70. The van der Waals surface area contributed by atoms with Crippen molar-refractivity contribution < 1.29 is 4.79 Å². The van der Waals surface area contributed by atoms with E-state index in [-0.39, 0.29) is 17.7 Å². The van der Waals surface area contributed by atoms with Gasteiger partial charge in [0, 0.05) is 5.03 Å². The summed E-state index contributed by atoms with van der Waals surface area (Å²) in [5.41, 5.74) is 1.09. The second-order valence-corrected chi connectivity index (χ2v) is 4.60. The summed E-state index contributed by atoms with van der Waals surface area (Å²) >= 11 is 9.81. The summed E-state index contributed by atoms with van der Waals surface area (Å²) in [6.07, 6.45) is 0.602. The highest BCUT2D eigenvalue weighted by molar-refractivity contribution is 7.81. The Morgan fingerprint density at radius 3 is 2.62 bits per heavy atom. The Kier molecular flexibility index (Phi) is 5.43. The SMILES string of the molecule is C=C(Cl)CNC(=O)C(S)Cc1ccccc1. The van der Waals surface area contributed by atoms with Crippen LogP contribution in [0.5, 0.6) is 0 Å². The maximum atomic E-state index is 11.6. The smallest absolute Gasteiger partial charge is 0.233 e. The van der Waals surface area contributed by atoms with Gasteiger partial charge in [0.2, 0.25) is 5.91 Å². The van der Waals surface area contributed by atoms with Crippen molar-refractivity contribution in [2.24, 2.45) is 0 Å². The topological polar surface area (TPSA) is 29.1 Å².